The molecule has 0 aliphatic carbocycles. The highest BCUT2D eigenvalue weighted by molar-refractivity contribution is 6.32. The number of non-ortho nitro benzene ring substituents is 1. The van der Waals surface area contributed by atoms with Crippen molar-refractivity contribution in [1.29, 1.82) is 0 Å². The van der Waals surface area contributed by atoms with E-state index in [2.05, 4.69) is 20.8 Å². The minimum absolute atomic E-state index is 0.00939. The number of rotatable bonds is 4. The summed E-state index contributed by atoms with van der Waals surface area (Å²) in [5.74, 6) is 0.318. The Hall–Kier alpha value is -2.61. The molecule has 0 radical (unpaired) electrons. The SMILES string of the molecule is Nc1c(Cl)ncnc1NNc1ccc([N+](=O)[O-])cc1. The van der Waals surface area contributed by atoms with Gasteiger partial charge in [-0.1, -0.05) is 11.6 Å². The van der Waals surface area contributed by atoms with E-state index in [0.29, 0.717) is 11.5 Å². The Balaban J connectivity index is 2.06. The van der Waals surface area contributed by atoms with E-state index in [1.165, 1.54) is 18.5 Å². The topological polar surface area (TPSA) is 119 Å². The van der Waals surface area contributed by atoms with Crippen LogP contribution in [0.15, 0.2) is 30.6 Å². The molecule has 0 fully saturated rings. The van der Waals surface area contributed by atoms with Crippen molar-refractivity contribution in [2.75, 3.05) is 16.6 Å². The number of nitrogen functional groups attached to an aromatic ring is 1. The van der Waals surface area contributed by atoms with Crippen LogP contribution in [0.5, 0.6) is 0 Å². The second-order valence-corrected chi connectivity index (χ2v) is 3.84. The Morgan fingerprint density at radius 1 is 1.21 bits per heavy atom. The first-order valence-corrected chi connectivity index (χ1v) is 5.48. The molecule has 2 rings (SSSR count). The number of nitro benzene ring substituents is 1. The van der Waals surface area contributed by atoms with Gasteiger partial charge in [0.05, 0.1) is 10.6 Å². The number of anilines is 3. The van der Waals surface area contributed by atoms with E-state index in [0.717, 1.165) is 0 Å². The molecule has 98 valence electrons. The van der Waals surface area contributed by atoms with Crippen LogP contribution in [-0.2, 0) is 0 Å². The van der Waals surface area contributed by atoms with Gasteiger partial charge in [-0.25, -0.2) is 9.97 Å². The molecule has 4 N–H and O–H groups in total. The number of nitrogens with two attached hydrogens (primary N) is 1. The standard InChI is InChI=1S/C10H9ClN6O2/c11-9-8(12)10(14-5-13-9)16-15-6-1-3-7(4-2-6)17(18)19/h1-5,15H,12H2,(H,13,14,16). The van der Waals surface area contributed by atoms with E-state index >= 15 is 0 Å². The number of hydrazine groups is 1. The Kier molecular flexibility index (Phi) is 3.62. The largest absolute Gasteiger partial charge is 0.393 e. The summed E-state index contributed by atoms with van der Waals surface area (Å²) in [4.78, 5) is 17.6. The van der Waals surface area contributed by atoms with Gasteiger partial charge in [-0.05, 0) is 12.1 Å². The Bertz CT molecular complexity index is 603. The van der Waals surface area contributed by atoms with Gasteiger partial charge in [-0.15, -0.1) is 0 Å². The zero-order valence-electron chi connectivity index (χ0n) is 9.50. The third-order valence-corrected chi connectivity index (χ3v) is 2.54. The van der Waals surface area contributed by atoms with Crippen molar-refractivity contribution in [2.45, 2.75) is 0 Å². The van der Waals surface area contributed by atoms with Gasteiger partial charge in [0.25, 0.3) is 5.69 Å². The minimum atomic E-state index is -0.473. The van der Waals surface area contributed by atoms with Gasteiger partial charge in [-0.2, -0.15) is 0 Å². The number of hydrogen-bond donors (Lipinski definition) is 3. The molecule has 0 saturated heterocycles. The fourth-order valence-electron chi connectivity index (χ4n) is 1.27. The molecule has 0 aliphatic heterocycles. The van der Waals surface area contributed by atoms with Gasteiger partial charge in [0.15, 0.2) is 11.0 Å². The third-order valence-electron chi connectivity index (χ3n) is 2.24. The zero-order valence-corrected chi connectivity index (χ0v) is 10.3. The lowest BCUT2D eigenvalue weighted by molar-refractivity contribution is -0.384. The summed E-state index contributed by atoms with van der Waals surface area (Å²) in [5, 5.41) is 10.6. The highest BCUT2D eigenvalue weighted by Crippen LogP contribution is 2.22. The van der Waals surface area contributed by atoms with Crippen LogP contribution in [0, 0.1) is 10.1 Å². The van der Waals surface area contributed by atoms with Crippen LogP contribution in [0.1, 0.15) is 0 Å². The molecule has 1 heterocycles. The molecule has 0 aliphatic rings. The fraction of sp³-hybridized carbons (Fsp3) is 0. The van der Waals surface area contributed by atoms with Gasteiger partial charge in [0.1, 0.15) is 12.0 Å². The summed E-state index contributed by atoms with van der Waals surface area (Å²) in [5.41, 5.74) is 12.0. The summed E-state index contributed by atoms with van der Waals surface area (Å²) in [6, 6.07) is 5.84. The molecule has 0 unspecified atom stereocenters. The first-order valence-electron chi connectivity index (χ1n) is 5.10. The number of nitrogens with one attached hydrogen (secondary N) is 2. The van der Waals surface area contributed by atoms with Gasteiger partial charge in [0, 0.05) is 12.1 Å². The molecule has 0 atom stereocenters. The van der Waals surface area contributed by atoms with E-state index in [9.17, 15) is 10.1 Å². The lowest BCUT2D eigenvalue weighted by Gasteiger charge is -2.10. The Labute approximate surface area is 112 Å². The smallest absolute Gasteiger partial charge is 0.269 e. The number of nitrogens with zero attached hydrogens (tertiary/aromatic N) is 3. The van der Waals surface area contributed by atoms with Crippen LogP contribution in [0.25, 0.3) is 0 Å². The lowest BCUT2D eigenvalue weighted by Crippen LogP contribution is -2.12. The van der Waals surface area contributed by atoms with Gasteiger partial charge >= 0.3 is 0 Å². The number of aromatic nitrogens is 2. The van der Waals surface area contributed by atoms with Crippen molar-refractivity contribution in [2.24, 2.45) is 0 Å². The van der Waals surface area contributed by atoms with Crippen LogP contribution in [0.4, 0.5) is 22.9 Å². The minimum Gasteiger partial charge on any atom is -0.393 e. The van der Waals surface area contributed by atoms with Crippen molar-refractivity contribution in [3.05, 3.63) is 45.9 Å². The lowest BCUT2D eigenvalue weighted by atomic mass is 10.3. The molecular weight excluding hydrogens is 272 g/mol. The first-order chi connectivity index (χ1) is 9.08. The number of benzene rings is 1. The number of nitro groups is 1. The van der Waals surface area contributed by atoms with Gasteiger partial charge < -0.3 is 5.73 Å². The van der Waals surface area contributed by atoms with Crippen LogP contribution in [-0.4, -0.2) is 14.9 Å². The summed E-state index contributed by atoms with van der Waals surface area (Å²) in [7, 11) is 0. The highest BCUT2D eigenvalue weighted by Gasteiger charge is 2.06. The summed E-state index contributed by atoms with van der Waals surface area (Å²) in [6.07, 6.45) is 1.26. The fourth-order valence-corrected chi connectivity index (χ4v) is 1.40. The normalized spacial score (nSPS) is 9.95. The number of halogens is 1. The van der Waals surface area contributed by atoms with Crippen molar-refractivity contribution >= 4 is 34.5 Å². The Morgan fingerprint density at radius 3 is 2.53 bits per heavy atom. The number of hydrogen-bond acceptors (Lipinski definition) is 7. The van der Waals surface area contributed by atoms with Crippen molar-refractivity contribution in [3.63, 3.8) is 0 Å². The molecule has 1 aromatic carbocycles. The van der Waals surface area contributed by atoms with E-state index in [1.54, 1.807) is 12.1 Å². The molecule has 0 amide bonds. The van der Waals surface area contributed by atoms with Gasteiger partial charge in [-0.3, -0.25) is 21.0 Å². The molecule has 19 heavy (non-hydrogen) atoms. The van der Waals surface area contributed by atoms with E-state index in [1.807, 2.05) is 0 Å². The van der Waals surface area contributed by atoms with E-state index < -0.39 is 4.92 Å². The maximum absolute atomic E-state index is 10.5. The van der Waals surface area contributed by atoms with Crippen LogP contribution < -0.4 is 16.6 Å². The van der Waals surface area contributed by atoms with Crippen LogP contribution >= 0.6 is 11.6 Å². The quantitative estimate of drug-likeness (QED) is 0.445. The second-order valence-electron chi connectivity index (χ2n) is 3.48. The molecular formula is C10H9ClN6O2. The molecule has 0 spiro atoms. The summed E-state index contributed by atoms with van der Waals surface area (Å²) < 4.78 is 0. The maximum atomic E-state index is 10.5. The molecule has 1 aromatic heterocycles. The monoisotopic (exact) mass is 280 g/mol. The van der Waals surface area contributed by atoms with Gasteiger partial charge in [0.2, 0.25) is 0 Å². The molecule has 8 nitrogen and oxygen atoms in total. The maximum Gasteiger partial charge on any atom is 0.269 e. The second kappa shape index (κ2) is 5.36. The van der Waals surface area contributed by atoms with Crippen molar-refractivity contribution in [3.8, 4) is 0 Å². The summed E-state index contributed by atoms with van der Waals surface area (Å²) >= 11 is 5.73. The predicted octanol–water partition coefficient (Wildman–Crippen LogP) is 2.06. The van der Waals surface area contributed by atoms with Crippen LogP contribution in [0.3, 0.4) is 0 Å². The highest BCUT2D eigenvalue weighted by atomic mass is 35.5. The first kappa shape index (κ1) is 12.8. The van der Waals surface area contributed by atoms with Crippen molar-refractivity contribution in [1.82, 2.24) is 9.97 Å². The third kappa shape index (κ3) is 2.99. The molecule has 9 heteroatoms. The molecule has 0 bridgehead atoms. The molecule has 0 saturated carbocycles. The Morgan fingerprint density at radius 2 is 1.89 bits per heavy atom. The van der Waals surface area contributed by atoms with Crippen LogP contribution in [0.2, 0.25) is 5.15 Å². The summed E-state index contributed by atoms with van der Waals surface area (Å²) in [6.45, 7) is 0. The predicted molar refractivity (Wildman–Crippen MR) is 71.8 cm³/mol. The molecule has 2 aromatic rings. The van der Waals surface area contributed by atoms with E-state index in [4.69, 9.17) is 17.3 Å². The average molecular weight is 281 g/mol. The van der Waals surface area contributed by atoms with E-state index in [-0.39, 0.29) is 16.5 Å². The van der Waals surface area contributed by atoms with Crippen molar-refractivity contribution < 1.29 is 4.92 Å². The average Bonchev–Trinajstić information content (AvgIpc) is 2.41. The zero-order chi connectivity index (χ0) is 13.8.